The second-order valence-corrected chi connectivity index (χ2v) is 7.24. The van der Waals surface area contributed by atoms with Crippen LogP contribution in [-0.2, 0) is 5.75 Å². The molecule has 4 aromatic rings. The summed E-state index contributed by atoms with van der Waals surface area (Å²) in [5.41, 5.74) is 3.22. The fourth-order valence-corrected chi connectivity index (χ4v) is 3.92. The molecule has 126 valence electrons. The van der Waals surface area contributed by atoms with E-state index in [0.717, 1.165) is 22.2 Å². The summed E-state index contributed by atoms with van der Waals surface area (Å²) in [6.07, 6.45) is 0. The molecule has 3 heterocycles. The largest absolute Gasteiger partial charge is 0.338 e. The van der Waals surface area contributed by atoms with Crippen LogP contribution < -0.4 is 0 Å². The molecule has 6 nitrogen and oxygen atoms in total. The fourth-order valence-electron chi connectivity index (χ4n) is 2.45. The molecule has 0 saturated carbocycles. The van der Waals surface area contributed by atoms with Crippen molar-refractivity contribution in [1.29, 1.82) is 0 Å². The van der Waals surface area contributed by atoms with Crippen LogP contribution in [0.1, 0.15) is 17.3 Å². The molecule has 25 heavy (non-hydrogen) atoms. The summed E-state index contributed by atoms with van der Waals surface area (Å²) in [4.78, 5) is 4.44. The van der Waals surface area contributed by atoms with Gasteiger partial charge in [0.2, 0.25) is 11.7 Å². The predicted octanol–water partition coefficient (Wildman–Crippen LogP) is 4.29. The molecule has 0 aliphatic heterocycles. The van der Waals surface area contributed by atoms with Gasteiger partial charge in [0.15, 0.2) is 5.16 Å². The highest BCUT2D eigenvalue weighted by Gasteiger charge is 2.14. The molecule has 0 spiro atoms. The van der Waals surface area contributed by atoms with Crippen LogP contribution in [0, 0.1) is 13.8 Å². The molecule has 0 N–H and O–H groups in total. The topological polar surface area (TPSA) is 69.6 Å². The Labute approximate surface area is 152 Å². The Morgan fingerprint density at radius 2 is 2.12 bits per heavy atom. The number of thioether (sulfide) groups is 1. The minimum absolute atomic E-state index is 0.543. The fraction of sp³-hybridized carbons (Fsp3) is 0.176. The normalized spacial score (nSPS) is 11.1. The molecule has 0 fully saturated rings. The van der Waals surface area contributed by atoms with Crippen molar-refractivity contribution in [2.45, 2.75) is 24.8 Å². The van der Waals surface area contributed by atoms with E-state index < -0.39 is 0 Å². The van der Waals surface area contributed by atoms with Crippen molar-refractivity contribution < 1.29 is 4.52 Å². The summed E-state index contributed by atoms with van der Waals surface area (Å²) in [5.74, 6) is 2.58. The first-order valence-electron chi connectivity index (χ1n) is 7.68. The first-order chi connectivity index (χ1) is 12.2. The van der Waals surface area contributed by atoms with E-state index in [0.29, 0.717) is 17.5 Å². The summed E-state index contributed by atoms with van der Waals surface area (Å²) in [6.45, 7) is 4.02. The molecule has 4 rings (SSSR count). The molecular formula is C17H15N5OS2. The monoisotopic (exact) mass is 369 g/mol. The van der Waals surface area contributed by atoms with Gasteiger partial charge in [0.05, 0.1) is 5.75 Å². The quantitative estimate of drug-likeness (QED) is 0.489. The molecule has 0 aliphatic rings. The van der Waals surface area contributed by atoms with Gasteiger partial charge < -0.3 is 4.52 Å². The van der Waals surface area contributed by atoms with Gasteiger partial charge in [0, 0.05) is 16.6 Å². The van der Waals surface area contributed by atoms with Crippen molar-refractivity contribution in [2.75, 3.05) is 0 Å². The number of hydrogen-bond donors (Lipinski definition) is 0. The van der Waals surface area contributed by atoms with Crippen LogP contribution in [0.2, 0.25) is 0 Å². The molecule has 0 amide bonds. The van der Waals surface area contributed by atoms with Crippen LogP contribution in [0.4, 0.5) is 0 Å². The van der Waals surface area contributed by atoms with E-state index in [2.05, 4.69) is 45.5 Å². The molecule has 3 aromatic heterocycles. The Balaban J connectivity index is 1.54. The van der Waals surface area contributed by atoms with Crippen LogP contribution >= 0.6 is 23.1 Å². The molecule has 0 bridgehead atoms. The zero-order valence-electron chi connectivity index (χ0n) is 13.7. The Kier molecular flexibility index (Phi) is 4.37. The van der Waals surface area contributed by atoms with Gasteiger partial charge in [-0.3, -0.25) is 4.57 Å². The van der Waals surface area contributed by atoms with E-state index in [9.17, 15) is 0 Å². The van der Waals surface area contributed by atoms with Gasteiger partial charge in [-0.1, -0.05) is 29.1 Å². The smallest absolute Gasteiger partial charge is 0.237 e. The molecule has 0 radical (unpaired) electrons. The van der Waals surface area contributed by atoms with Gasteiger partial charge in [0.1, 0.15) is 5.82 Å². The summed E-state index contributed by atoms with van der Waals surface area (Å²) in [7, 11) is 0. The van der Waals surface area contributed by atoms with Crippen LogP contribution in [0.5, 0.6) is 0 Å². The van der Waals surface area contributed by atoms with Crippen LogP contribution in [-0.4, -0.2) is 24.9 Å². The van der Waals surface area contributed by atoms with Crippen molar-refractivity contribution >= 4 is 23.1 Å². The van der Waals surface area contributed by atoms with Crippen molar-refractivity contribution in [3.8, 4) is 17.1 Å². The number of hydrogen-bond acceptors (Lipinski definition) is 7. The summed E-state index contributed by atoms with van der Waals surface area (Å²) in [6, 6.07) is 10.2. The van der Waals surface area contributed by atoms with Crippen LogP contribution in [0.3, 0.4) is 0 Å². The second kappa shape index (κ2) is 6.81. The molecule has 8 heteroatoms. The third-order valence-corrected chi connectivity index (χ3v) is 5.22. The van der Waals surface area contributed by atoms with Gasteiger partial charge >= 0.3 is 0 Å². The Morgan fingerprint density at radius 1 is 1.20 bits per heavy atom. The molecule has 0 unspecified atom stereocenters. The molecule has 0 aliphatic carbocycles. The number of nitrogens with zero attached hydrogens (tertiary/aromatic N) is 5. The van der Waals surface area contributed by atoms with Crippen LogP contribution in [0.15, 0.2) is 50.8 Å². The number of aromatic nitrogens is 5. The standard InChI is InChI=1S/C17H15N5OS2/c1-11-4-3-5-14(8-11)22-12(2)19-20-17(22)25-10-15-18-16(21-23-15)13-6-7-24-9-13/h3-9H,10H2,1-2H3. The minimum atomic E-state index is 0.543. The number of rotatable bonds is 5. The van der Waals surface area contributed by atoms with Crippen molar-refractivity contribution in [1.82, 2.24) is 24.9 Å². The van der Waals surface area contributed by atoms with Crippen molar-refractivity contribution in [2.24, 2.45) is 0 Å². The number of aryl methyl sites for hydroxylation is 2. The lowest BCUT2D eigenvalue weighted by atomic mass is 10.2. The molecule has 0 saturated heterocycles. The molecular weight excluding hydrogens is 354 g/mol. The van der Waals surface area contributed by atoms with Crippen molar-refractivity contribution in [3.63, 3.8) is 0 Å². The second-order valence-electron chi connectivity index (χ2n) is 5.52. The number of thiophene rings is 1. The maximum Gasteiger partial charge on any atom is 0.237 e. The van der Waals surface area contributed by atoms with Crippen molar-refractivity contribution in [3.05, 3.63) is 58.4 Å². The van der Waals surface area contributed by atoms with E-state index in [1.54, 1.807) is 11.3 Å². The average molecular weight is 369 g/mol. The van der Waals surface area contributed by atoms with Gasteiger partial charge in [-0.05, 0) is 43.0 Å². The van der Waals surface area contributed by atoms with Gasteiger partial charge in [0.25, 0.3) is 0 Å². The highest BCUT2D eigenvalue weighted by Crippen LogP contribution is 2.26. The lowest BCUT2D eigenvalue weighted by Crippen LogP contribution is -1.99. The Hall–Kier alpha value is -2.45. The zero-order valence-corrected chi connectivity index (χ0v) is 15.3. The van der Waals surface area contributed by atoms with Crippen LogP contribution in [0.25, 0.3) is 17.1 Å². The zero-order chi connectivity index (χ0) is 17.2. The van der Waals surface area contributed by atoms with Gasteiger partial charge in [-0.15, -0.1) is 10.2 Å². The summed E-state index contributed by atoms with van der Waals surface area (Å²) < 4.78 is 7.38. The summed E-state index contributed by atoms with van der Waals surface area (Å²) >= 11 is 3.14. The predicted molar refractivity (Wildman–Crippen MR) is 98.0 cm³/mol. The molecule has 0 atom stereocenters. The third-order valence-electron chi connectivity index (χ3n) is 3.63. The Bertz CT molecular complexity index is 990. The van der Waals surface area contributed by atoms with E-state index in [4.69, 9.17) is 4.52 Å². The van der Waals surface area contributed by atoms with E-state index in [1.165, 1.54) is 17.3 Å². The van der Waals surface area contributed by atoms with E-state index in [-0.39, 0.29) is 0 Å². The highest BCUT2D eigenvalue weighted by molar-refractivity contribution is 7.98. The maximum absolute atomic E-state index is 5.35. The minimum Gasteiger partial charge on any atom is -0.338 e. The van der Waals surface area contributed by atoms with Gasteiger partial charge in [-0.2, -0.15) is 16.3 Å². The third kappa shape index (κ3) is 3.35. The average Bonchev–Trinajstić information content (AvgIpc) is 3.33. The molecule has 1 aromatic carbocycles. The van der Waals surface area contributed by atoms with E-state index in [1.807, 2.05) is 34.4 Å². The van der Waals surface area contributed by atoms with E-state index >= 15 is 0 Å². The van der Waals surface area contributed by atoms with Gasteiger partial charge in [-0.25, -0.2) is 0 Å². The Morgan fingerprint density at radius 3 is 2.92 bits per heavy atom. The first-order valence-corrected chi connectivity index (χ1v) is 9.60. The lowest BCUT2D eigenvalue weighted by Gasteiger charge is -2.08. The summed E-state index contributed by atoms with van der Waals surface area (Å²) in [5, 5.41) is 17.3. The first kappa shape index (κ1) is 16.0. The SMILES string of the molecule is Cc1cccc(-n2c(C)nnc2SCc2nc(-c3ccsc3)no2)c1. The lowest BCUT2D eigenvalue weighted by molar-refractivity contribution is 0.391. The number of benzene rings is 1. The highest BCUT2D eigenvalue weighted by atomic mass is 32.2. The maximum atomic E-state index is 5.35.